The summed E-state index contributed by atoms with van der Waals surface area (Å²) in [6.07, 6.45) is 5.40. The lowest BCUT2D eigenvalue weighted by molar-refractivity contribution is 0.514. The molecule has 3 rings (SSSR count). The van der Waals surface area contributed by atoms with E-state index in [0.717, 1.165) is 6.54 Å². The van der Waals surface area contributed by atoms with Gasteiger partial charge in [0.05, 0.1) is 0 Å². The first kappa shape index (κ1) is 13.6. The van der Waals surface area contributed by atoms with E-state index in [4.69, 9.17) is 11.6 Å². The molecule has 0 aliphatic carbocycles. The highest BCUT2D eigenvalue weighted by Gasteiger charge is 2.14. The third kappa shape index (κ3) is 3.37. The quantitative estimate of drug-likeness (QED) is 0.919. The Kier molecular flexibility index (Phi) is 4.31. The van der Waals surface area contributed by atoms with Crippen molar-refractivity contribution in [2.45, 2.75) is 12.8 Å². The van der Waals surface area contributed by atoms with Crippen molar-refractivity contribution >= 4 is 29.3 Å². The molecule has 0 saturated carbocycles. The van der Waals surface area contributed by atoms with Crippen LogP contribution in [0.25, 0.3) is 5.95 Å². The maximum atomic E-state index is 5.92. The van der Waals surface area contributed by atoms with Gasteiger partial charge in [0.25, 0.3) is 5.95 Å². The average Bonchev–Trinajstić information content (AvgIpc) is 3.00. The van der Waals surface area contributed by atoms with Crippen LogP contribution in [0.1, 0.15) is 12.8 Å². The number of hydrogen-bond acceptors (Lipinski definition) is 7. The van der Waals surface area contributed by atoms with Crippen molar-refractivity contribution in [2.75, 3.05) is 23.4 Å². The first-order chi connectivity index (χ1) is 9.81. The molecule has 0 unspecified atom stereocenters. The standard InChI is InChI=1S/C11H14ClN7S/c12-9-16-10(14-5-8-1-3-20-4-2-8)18-11(17-9)19-7-13-6-15-19/h6-8H,1-5H2,(H,14,16,17,18). The van der Waals surface area contributed by atoms with Crippen LogP contribution < -0.4 is 5.32 Å². The highest BCUT2D eigenvalue weighted by Crippen LogP contribution is 2.22. The minimum atomic E-state index is 0.146. The summed E-state index contributed by atoms with van der Waals surface area (Å²) in [5.41, 5.74) is 0. The Labute approximate surface area is 125 Å². The van der Waals surface area contributed by atoms with Gasteiger partial charge in [-0.25, -0.2) is 4.98 Å². The number of thioether (sulfide) groups is 1. The summed E-state index contributed by atoms with van der Waals surface area (Å²) < 4.78 is 1.45. The van der Waals surface area contributed by atoms with Crippen molar-refractivity contribution in [3.63, 3.8) is 0 Å². The summed E-state index contributed by atoms with van der Waals surface area (Å²) in [5, 5.41) is 7.37. The molecule has 1 saturated heterocycles. The van der Waals surface area contributed by atoms with Crippen LogP contribution in [0.15, 0.2) is 12.7 Å². The highest BCUT2D eigenvalue weighted by molar-refractivity contribution is 7.99. The zero-order chi connectivity index (χ0) is 13.8. The molecule has 9 heteroatoms. The number of rotatable bonds is 4. The van der Waals surface area contributed by atoms with Gasteiger partial charge in [0.15, 0.2) is 0 Å². The fraction of sp³-hybridized carbons (Fsp3) is 0.545. The van der Waals surface area contributed by atoms with Crippen LogP contribution in [0.4, 0.5) is 5.95 Å². The molecule has 0 amide bonds. The second kappa shape index (κ2) is 6.36. The van der Waals surface area contributed by atoms with Gasteiger partial charge in [-0.05, 0) is 41.9 Å². The van der Waals surface area contributed by atoms with Gasteiger partial charge in [0.2, 0.25) is 11.2 Å². The molecule has 2 aromatic rings. The first-order valence-electron chi connectivity index (χ1n) is 6.39. The van der Waals surface area contributed by atoms with E-state index in [1.165, 1.54) is 41.7 Å². The van der Waals surface area contributed by atoms with Crippen LogP contribution >= 0.6 is 23.4 Å². The van der Waals surface area contributed by atoms with Gasteiger partial charge in [-0.3, -0.25) is 0 Å². The SMILES string of the molecule is Clc1nc(NCC2CCSCC2)nc(-n2cncn2)n1. The smallest absolute Gasteiger partial charge is 0.258 e. The molecule has 0 atom stereocenters. The Hall–Kier alpha value is -1.41. The predicted molar refractivity (Wildman–Crippen MR) is 78.3 cm³/mol. The molecule has 1 aliphatic heterocycles. The minimum absolute atomic E-state index is 0.146. The van der Waals surface area contributed by atoms with Crippen molar-refractivity contribution in [2.24, 2.45) is 5.92 Å². The summed E-state index contributed by atoms with van der Waals surface area (Å²) in [6, 6.07) is 0. The fourth-order valence-electron chi connectivity index (χ4n) is 2.02. The summed E-state index contributed by atoms with van der Waals surface area (Å²) in [7, 11) is 0. The van der Waals surface area contributed by atoms with Gasteiger partial charge < -0.3 is 5.32 Å². The van der Waals surface area contributed by atoms with Crippen LogP contribution in [0.5, 0.6) is 0 Å². The molecule has 3 heterocycles. The number of aromatic nitrogens is 6. The normalized spacial score (nSPS) is 16.2. The molecule has 0 aromatic carbocycles. The Balaban J connectivity index is 1.69. The third-order valence-corrected chi connectivity index (χ3v) is 4.33. The molecule has 106 valence electrons. The molecule has 1 N–H and O–H groups in total. The summed E-state index contributed by atoms with van der Waals surface area (Å²) in [4.78, 5) is 16.3. The summed E-state index contributed by atoms with van der Waals surface area (Å²) in [6.45, 7) is 0.859. The van der Waals surface area contributed by atoms with Gasteiger partial charge >= 0.3 is 0 Å². The Morgan fingerprint density at radius 2 is 2.15 bits per heavy atom. The van der Waals surface area contributed by atoms with E-state index < -0.39 is 0 Å². The van der Waals surface area contributed by atoms with Gasteiger partial charge in [0, 0.05) is 6.54 Å². The number of nitrogens with zero attached hydrogens (tertiary/aromatic N) is 6. The second-order valence-corrected chi connectivity index (χ2v) is 6.07. The van der Waals surface area contributed by atoms with Crippen LogP contribution in [-0.2, 0) is 0 Å². The maximum Gasteiger partial charge on any atom is 0.258 e. The maximum absolute atomic E-state index is 5.92. The Bertz CT molecular complexity index is 556. The molecule has 0 radical (unpaired) electrons. The number of anilines is 1. The number of halogens is 1. The zero-order valence-electron chi connectivity index (χ0n) is 10.7. The zero-order valence-corrected chi connectivity index (χ0v) is 12.3. The Morgan fingerprint density at radius 3 is 2.90 bits per heavy atom. The van der Waals surface area contributed by atoms with Gasteiger partial charge in [0.1, 0.15) is 12.7 Å². The van der Waals surface area contributed by atoms with E-state index in [2.05, 4.69) is 30.4 Å². The topological polar surface area (TPSA) is 81.4 Å². The van der Waals surface area contributed by atoms with Crippen LogP contribution in [0.3, 0.4) is 0 Å². The molecule has 1 fully saturated rings. The minimum Gasteiger partial charge on any atom is -0.354 e. The van der Waals surface area contributed by atoms with Crippen molar-refractivity contribution in [1.82, 2.24) is 29.7 Å². The van der Waals surface area contributed by atoms with Crippen molar-refractivity contribution in [1.29, 1.82) is 0 Å². The predicted octanol–water partition coefficient (Wildman–Crippen LogP) is 1.66. The second-order valence-electron chi connectivity index (χ2n) is 4.50. The van der Waals surface area contributed by atoms with Crippen LogP contribution in [0, 0.1) is 5.92 Å². The lowest BCUT2D eigenvalue weighted by atomic mass is 10.0. The monoisotopic (exact) mass is 311 g/mol. The van der Waals surface area contributed by atoms with E-state index in [-0.39, 0.29) is 5.28 Å². The van der Waals surface area contributed by atoms with E-state index in [1.54, 1.807) is 0 Å². The lowest BCUT2D eigenvalue weighted by Gasteiger charge is -2.21. The fourth-order valence-corrected chi connectivity index (χ4v) is 3.38. The first-order valence-corrected chi connectivity index (χ1v) is 7.93. The van der Waals surface area contributed by atoms with E-state index >= 15 is 0 Å². The molecule has 20 heavy (non-hydrogen) atoms. The van der Waals surface area contributed by atoms with Crippen molar-refractivity contribution in [3.8, 4) is 5.95 Å². The lowest BCUT2D eigenvalue weighted by Crippen LogP contribution is -2.20. The largest absolute Gasteiger partial charge is 0.354 e. The summed E-state index contributed by atoms with van der Waals surface area (Å²) in [5.74, 6) is 3.97. The van der Waals surface area contributed by atoms with Gasteiger partial charge in [-0.1, -0.05) is 0 Å². The average molecular weight is 312 g/mol. The van der Waals surface area contributed by atoms with Crippen molar-refractivity contribution < 1.29 is 0 Å². The van der Waals surface area contributed by atoms with Gasteiger partial charge in [-0.15, -0.1) is 0 Å². The van der Waals surface area contributed by atoms with Gasteiger partial charge in [-0.2, -0.15) is 36.5 Å². The molecule has 0 bridgehead atoms. The molecular weight excluding hydrogens is 298 g/mol. The van der Waals surface area contributed by atoms with Crippen molar-refractivity contribution in [3.05, 3.63) is 17.9 Å². The molecule has 0 spiro atoms. The third-order valence-electron chi connectivity index (χ3n) is 3.11. The highest BCUT2D eigenvalue weighted by atomic mass is 35.5. The molecule has 2 aromatic heterocycles. The molecule has 1 aliphatic rings. The van der Waals surface area contributed by atoms with E-state index in [0.29, 0.717) is 17.8 Å². The molecular formula is C11H14ClN7S. The van der Waals surface area contributed by atoms with Crippen LogP contribution in [0.2, 0.25) is 5.28 Å². The van der Waals surface area contributed by atoms with E-state index in [9.17, 15) is 0 Å². The number of hydrogen-bond donors (Lipinski definition) is 1. The summed E-state index contributed by atoms with van der Waals surface area (Å²) >= 11 is 7.94. The number of nitrogens with one attached hydrogen (secondary N) is 1. The molecule has 7 nitrogen and oxygen atoms in total. The Morgan fingerprint density at radius 1 is 1.30 bits per heavy atom. The van der Waals surface area contributed by atoms with Crippen LogP contribution in [-0.4, -0.2) is 47.8 Å². The van der Waals surface area contributed by atoms with E-state index in [1.807, 2.05) is 11.8 Å².